The van der Waals surface area contributed by atoms with Gasteiger partial charge in [-0.25, -0.2) is 0 Å². The molecule has 0 fully saturated rings. The second kappa shape index (κ2) is 5.05. The third-order valence-corrected chi connectivity index (χ3v) is 2.35. The first-order chi connectivity index (χ1) is 5.84. The fourth-order valence-corrected chi connectivity index (χ4v) is 1.41. The fraction of sp³-hybridized carbons (Fsp3) is 0.714. The Morgan fingerprint density at radius 2 is 2.50 bits per heavy atom. The maximum absolute atomic E-state index is 3.96. The number of rotatable bonds is 5. The lowest BCUT2D eigenvalue weighted by atomic mass is 10.5. The molecular formula is C7H14N4S. The number of nitrogens with zero attached hydrogens (tertiary/aromatic N) is 3. The zero-order chi connectivity index (χ0) is 8.81. The average molecular weight is 186 g/mol. The second-order valence-corrected chi connectivity index (χ2v) is 3.31. The van der Waals surface area contributed by atoms with Crippen LogP contribution in [0.4, 0.5) is 5.13 Å². The van der Waals surface area contributed by atoms with Gasteiger partial charge in [0.05, 0.1) is 0 Å². The number of aromatic nitrogens is 2. The molecule has 1 rings (SSSR count). The monoisotopic (exact) mass is 186 g/mol. The first-order valence-electron chi connectivity index (χ1n) is 4.02. The van der Waals surface area contributed by atoms with Crippen LogP contribution >= 0.6 is 11.3 Å². The van der Waals surface area contributed by atoms with Crippen LogP contribution in [0.2, 0.25) is 0 Å². The molecule has 0 spiro atoms. The smallest absolute Gasteiger partial charge is 0.207 e. The SMILES string of the molecule is CCNCCN(C)c1nncs1. The highest BCUT2D eigenvalue weighted by atomic mass is 32.1. The minimum Gasteiger partial charge on any atom is -0.348 e. The van der Waals surface area contributed by atoms with Crippen molar-refractivity contribution in [1.29, 1.82) is 0 Å². The molecule has 0 radical (unpaired) electrons. The van der Waals surface area contributed by atoms with E-state index in [1.165, 1.54) is 0 Å². The van der Waals surface area contributed by atoms with E-state index in [1.54, 1.807) is 16.8 Å². The molecule has 0 saturated heterocycles. The predicted octanol–water partition coefficient (Wildman–Crippen LogP) is 0.584. The van der Waals surface area contributed by atoms with Crippen LogP contribution in [0, 0.1) is 0 Å². The average Bonchev–Trinajstić information content (AvgIpc) is 2.56. The van der Waals surface area contributed by atoms with E-state index in [9.17, 15) is 0 Å². The molecular weight excluding hydrogens is 172 g/mol. The topological polar surface area (TPSA) is 41.0 Å². The summed E-state index contributed by atoms with van der Waals surface area (Å²) < 4.78 is 0. The molecule has 0 aliphatic rings. The lowest BCUT2D eigenvalue weighted by molar-refractivity contribution is 0.704. The normalized spacial score (nSPS) is 10.2. The Bertz CT molecular complexity index is 199. The van der Waals surface area contributed by atoms with Crippen LogP contribution in [-0.4, -0.2) is 36.9 Å². The zero-order valence-corrected chi connectivity index (χ0v) is 8.27. The summed E-state index contributed by atoms with van der Waals surface area (Å²) in [6.07, 6.45) is 0. The highest BCUT2D eigenvalue weighted by molar-refractivity contribution is 7.13. The van der Waals surface area contributed by atoms with Gasteiger partial charge in [0.25, 0.3) is 0 Å². The van der Waals surface area contributed by atoms with E-state index in [-0.39, 0.29) is 0 Å². The molecule has 0 aliphatic carbocycles. The van der Waals surface area contributed by atoms with Crippen molar-refractivity contribution in [3.63, 3.8) is 0 Å². The number of likely N-dealkylation sites (N-methyl/N-ethyl adjacent to an activating group) is 2. The molecule has 5 heteroatoms. The van der Waals surface area contributed by atoms with Crippen LogP contribution < -0.4 is 10.2 Å². The van der Waals surface area contributed by atoms with Gasteiger partial charge in [-0.3, -0.25) is 0 Å². The van der Waals surface area contributed by atoms with Crippen molar-refractivity contribution in [3.8, 4) is 0 Å². The highest BCUT2D eigenvalue weighted by Gasteiger charge is 2.01. The van der Waals surface area contributed by atoms with Crippen molar-refractivity contribution >= 4 is 16.5 Å². The van der Waals surface area contributed by atoms with E-state index in [4.69, 9.17) is 0 Å². The van der Waals surface area contributed by atoms with Crippen LogP contribution in [-0.2, 0) is 0 Å². The van der Waals surface area contributed by atoms with E-state index in [0.29, 0.717) is 0 Å². The van der Waals surface area contributed by atoms with Gasteiger partial charge in [-0.2, -0.15) is 0 Å². The van der Waals surface area contributed by atoms with Gasteiger partial charge in [0.1, 0.15) is 5.51 Å². The van der Waals surface area contributed by atoms with Gasteiger partial charge in [0, 0.05) is 20.1 Å². The van der Waals surface area contributed by atoms with Gasteiger partial charge in [-0.05, 0) is 6.54 Å². The molecule has 68 valence electrons. The van der Waals surface area contributed by atoms with Crippen molar-refractivity contribution in [3.05, 3.63) is 5.51 Å². The van der Waals surface area contributed by atoms with Gasteiger partial charge in [-0.1, -0.05) is 18.3 Å². The number of hydrogen-bond acceptors (Lipinski definition) is 5. The van der Waals surface area contributed by atoms with Crippen LogP contribution in [0.1, 0.15) is 6.92 Å². The summed E-state index contributed by atoms with van der Waals surface area (Å²) in [6.45, 7) is 5.09. The molecule has 0 amide bonds. The molecule has 1 aromatic heterocycles. The Morgan fingerprint density at radius 3 is 3.08 bits per heavy atom. The number of nitrogens with one attached hydrogen (secondary N) is 1. The standard InChI is InChI=1S/C7H14N4S/c1-3-8-4-5-11(2)7-10-9-6-12-7/h6,8H,3-5H2,1-2H3. The lowest BCUT2D eigenvalue weighted by Crippen LogP contribution is -2.28. The summed E-state index contributed by atoms with van der Waals surface area (Å²) >= 11 is 1.56. The minimum absolute atomic E-state index is 0.975. The quantitative estimate of drug-likeness (QED) is 0.683. The minimum atomic E-state index is 0.975. The van der Waals surface area contributed by atoms with Crippen molar-refractivity contribution < 1.29 is 0 Å². The number of hydrogen-bond donors (Lipinski definition) is 1. The zero-order valence-electron chi connectivity index (χ0n) is 7.45. The third kappa shape index (κ3) is 2.75. The summed E-state index contributed by atoms with van der Waals surface area (Å²) in [5.41, 5.74) is 1.75. The first-order valence-corrected chi connectivity index (χ1v) is 4.90. The molecule has 0 aromatic carbocycles. The van der Waals surface area contributed by atoms with Crippen molar-refractivity contribution in [2.24, 2.45) is 0 Å². The summed E-state index contributed by atoms with van der Waals surface area (Å²) in [5, 5.41) is 12.0. The van der Waals surface area contributed by atoms with E-state index >= 15 is 0 Å². The molecule has 4 nitrogen and oxygen atoms in total. The lowest BCUT2D eigenvalue weighted by Gasteiger charge is -2.14. The Hall–Kier alpha value is -0.680. The molecule has 12 heavy (non-hydrogen) atoms. The van der Waals surface area contributed by atoms with E-state index in [0.717, 1.165) is 24.8 Å². The molecule has 1 heterocycles. The van der Waals surface area contributed by atoms with Gasteiger partial charge in [-0.15, -0.1) is 10.2 Å². The second-order valence-electron chi connectivity index (χ2n) is 2.50. The predicted molar refractivity (Wildman–Crippen MR) is 51.7 cm³/mol. The number of anilines is 1. The maximum Gasteiger partial charge on any atom is 0.207 e. The molecule has 0 aliphatic heterocycles. The van der Waals surface area contributed by atoms with E-state index in [2.05, 4.69) is 27.3 Å². The third-order valence-electron chi connectivity index (χ3n) is 1.55. The summed E-state index contributed by atoms with van der Waals surface area (Å²) in [7, 11) is 2.03. The summed E-state index contributed by atoms with van der Waals surface area (Å²) in [5.74, 6) is 0. The first kappa shape index (κ1) is 9.41. The highest BCUT2D eigenvalue weighted by Crippen LogP contribution is 2.12. The Morgan fingerprint density at radius 1 is 1.67 bits per heavy atom. The molecule has 1 N–H and O–H groups in total. The Labute approximate surface area is 76.6 Å². The molecule has 0 saturated carbocycles. The van der Waals surface area contributed by atoms with Crippen molar-refractivity contribution in [2.75, 3.05) is 31.6 Å². The largest absolute Gasteiger partial charge is 0.348 e. The van der Waals surface area contributed by atoms with E-state index < -0.39 is 0 Å². The summed E-state index contributed by atoms with van der Waals surface area (Å²) in [6, 6.07) is 0. The van der Waals surface area contributed by atoms with E-state index in [1.807, 2.05) is 7.05 Å². The molecule has 0 atom stereocenters. The molecule has 0 unspecified atom stereocenters. The van der Waals surface area contributed by atoms with Gasteiger partial charge in [0.15, 0.2) is 0 Å². The van der Waals surface area contributed by atoms with Crippen molar-refractivity contribution in [2.45, 2.75) is 6.92 Å². The maximum atomic E-state index is 3.96. The Kier molecular flexibility index (Phi) is 3.96. The molecule has 0 bridgehead atoms. The van der Waals surface area contributed by atoms with Crippen LogP contribution in [0.25, 0.3) is 0 Å². The van der Waals surface area contributed by atoms with Crippen molar-refractivity contribution in [1.82, 2.24) is 15.5 Å². The van der Waals surface area contributed by atoms with Crippen LogP contribution in [0.15, 0.2) is 5.51 Å². The Balaban J connectivity index is 2.25. The van der Waals surface area contributed by atoms with Gasteiger partial charge < -0.3 is 10.2 Å². The fourth-order valence-electron chi connectivity index (χ4n) is 0.853. The summed E-state index contributed by atoms with van der Waals surface area (Å²) in [4.78, 5) is 2.10. The molecule has 1 aromatic rings. The van der Waals surface area contributed by atoms with Gasteiger partial charge >= 0.3 is 0 Å². The van der Waals surface area contributed by atoms with Gasteiger partial charge in [0.2, 0.25) is 5.13 Å². The van der Waals surface area contributed by atoms with Crippen LogP contribution in [0.5, 0.6) is 0 Å². The van der Waals surface area contributed by atoms with Crippen LogP contribution in [0.3, 0.4) is 0 Å².